The van der Waals surface area contributed by atoms with Crippen molar-refractivity contribution in [3.63, 3.8) is 0 Å². The first kappa shape index (κ1) is 13.2. The van der Waals surface area contributed by atoms with E-state index in [9.17, 15) is 4.39 Å². The van der Waals surface area contributed by atoms with Crippen LogP contribution < -0.4 is 5.73 Å². The lowest BCUT2D eigenvalue weighted by atomic mass is 9.74. The van der Waals surface area contributed by atoms with Crippen LogP contribution in [0, 0.1) is 5.82 Å². The van der Waals surface area contributed by atoms with Crippen molar-refractivity contribution >= 4 is 0 Å². The summed E-state index contributed by atoms with van der Waals surface area (Å²) < 4.78 is 18.4. The molecule has 1 aromatic carbocycles. The molecule has 0 saturated heterocycles. The van der Waals surface area contributed by atoms with Crippen molar-refractivity contribution in [2.75, 3.05) is 6.54 Å². The largest absolute Gasteiger partial charge is 0.338 e. The van der Waals surface area contributed by atoms with Crippen LogP contribution in [-0.2, 0) is 5.41 Å². The maximum Gasteiger partial charge on any atom is 0.234 e. The topological polar surface area (TPSA) is 64.9 Å². The van der Waals surface area contributed by atoms with E-state index in [2.05, 4.69) is 10.1 Å². The lowest BCUT2D eigenvalue weighted by Gasteiger charge is -2.32. The number of aromatic nitrogens is 2. The van der Waals surface area contributed by atoms with Crippen molar-refractivity contribution in [1.29, 1.82) is 0 Å². The van der Waals surface area contributed by atoms with E-state index in [0.717, 1.165) is 31.2 Å². The molecular formula is C15H18FN3O. The third-order valence-electron chi connectivity index (χ3n) is 4.18. The fourth-order valence-corrected chi connectivity index (χ4v) is 2.89. The van der Waals surface area contributed by atoms with E-state index in [1.54, 1.807) is 12.1 Å². The maximum absolute atomic E-state index is 12.9. The van der Waals surface area contributed by atoms with E-state index in [0.29, 0.717) is 18.3 Å². The number of hydrogen-bond donors (Lipinski definition) is 1. The molecule has 106 valence electrons. The second kappa shape index (κ2) is 5.32. The van der Waals surface area contributed by atoms with Gasteiger partial charge in [-0.2, -0.15) is 4.98 Å². The first-order valence-electron chi connectivity index (χ1n) is 7.04. The molecule has 0 aliphatic heterocycles. The van der Waals surface area contributed by atoms with Crippen LogP contribution in [0.3, 0.4) is 0 Å². The van der Waals surface area contributed by atoms with Gasteiger partial charge in [0.2, 0.25) is 11.7 Å². The standard InChI is InChI=1S/C15H18FN3O/c16-12-6-4-11(5-7-12)13-18-14(20-19-13)15(10-17)8-2-1-3-9-15/h4-7H,1-3,8-10,17H2. The summed E-state index contributed by atoms with van der Waals surface area (Å²) in [6, 6.07) is 6.09. The summed E-state index contributed by atoms with van der Waals surface area (Å²) in [6.07, 6.45) is 5.51. The van der Waals surface area contributed by atoms with Crippen LogP contribution in [0.2, 0.25) is 0 Å². The predicted molar refractivity (Wildman–Crippen MR) is 73.5 cm³/mol. The molecule has 0 spiro atoms. The molecule has 1 aromatic heterocycles. The Morgan fingerprint density at radius 3 is 2.50 bits per heavy atom. The summed E-state index contributed by atoms with van der Waals surface area (Å²) >= 11 is 0. The van der Waals surface area contributed by atoms with Gasteiger partial charge >= 0.3 is 0 Å². The second-order valence-corrected chi connectivity index (χ2v) is 5.48. The summed E-state index contributed by atoms with van der Waals surface area (Å²) in [6.45, 7) is 0.526. The van der Waals surface area contributed by atoms with Gasteiger partial charge in [-0.25, -0.2) is 4.39 Å². The van der Waals surface area contributed by atoms with Crippen molar-refractivity contribution in [3.05, 3.63) is 36.0 Å². The monoisotopic (exact) mass is 275 g/mol. The van der Waals surface area contributed by atoms with Crippen molar-refractivity contribution in [1.82, 2.24) is 10.1 Å². The molecule has 0 amide bonds. The number of rotatable bonds is 3. The molecule has 3 rings (SSSR count). The zero-order valence-electron chi connectivity index (χ0n) is 11.3. The fourth-order valence-electron chi connectivity index (χ4n) is 2.89. The fraction of sp³-hybridized carbons (Fsp3) is 0.467. The lowest BCUT2D eigenvalue weighted by molar-refractivity contribution is 0.220. The van der Waals surface area contributed by atoms with E-state index in [1.165, 1.54) is 18.6 Å². The average Bonchev–Trinajstić information content (AvgIpc) is 2.99. The number of benzene rings is 1. The minimum atomic E-state index is -0.275. The van der Waals surface area contributed by atoms with Crippen molar-refractivity contribution in [3.8, 4) is 11.4 Å². The number of halogens is 1. The highest BCUT2D eigenvalue weighted by Gasteiger charge is 2.38. The highest BCUT2D eigenvalue weighted by Crippen LogP contribution is 2.38. The zero-order chi connectivity index (χ0) is 14.0. The predicted octanol–water partition coefficient (Wildman–Crippen LogP) is 3.04. The molecule has 1 heterocycles. The molecule has 2 aromatic rings. The third kappa shape index (κ3) is 2.33. The van der Waals surface area contributed by atoms with Crippen LogP contribution in [-0.4, -0.2) is 16.7 Å². The van der Waals surface area contributed by atoms with Gasteiger partial charge in [-0.15, -0.1) is 0 Å². The Bertz CT molecular complexity index is 573. The quantitative estimate of drug-likeness (QED) is 0.935. The van der Waals surface area contributed by atoms with Crippen LogP contribution >= 0.6 is 0 Å². The van der Waals surface area contributed by atoms with Gasteiger partial charge in [-0.3, -0.25) is 0 Å². The molecular weight excluding hydrogens is 257 g/mol. The SMILES string of the molecule is NCC1(c2nc(-c3ccc(F)cc3)no2)CCCCC1. The van der Waals surface area contributed by atoms with Crippen LogP contribution in [0.5, 0.6) is 0 Å². The van der Waals surface area contributed by atoms with Gasteiger partial charge < -0.3 is 10.3 Å². The number of nitrogens with two attached hydrogens (primary N) is 1. The molecule has 1 saturated carbocycles. The minimum Gasteiger partial charge on any atom is -0.338 e. The van der Waals surface area contributed by atoms with E-state index in [4.69, 9.17) is 10.3 Å². The van der Waals surface area contributed by atoms with Crippen LogP contribution in [0.25, 0.3) is 11.4 Å². The molecule has 20 heavy (non-hydrogen) atoms. The minimum absolute atomic E-state index is 0.177. The van der Waals surface area contributed by atoms with E-state index < -0.39 is 0 Å². The Kier molecular flexibility index (Phi) is 3.53. The normalized spacial score (nSPS) is 18.1. The van der Waals surface area contributed by atoms with Gasteiger partial charge in [-0.1, -0.05) is 24.4 Å². The van der Waals surface area contributed by atoms with Gasteiger partial charge in [-0.05, 0) is 37.1 Å². The average molecular weight is 275 g/mol. The molecule has 1 aliphatic rings. The maximum atomic E-state index is 12.9. The van der Waals surface area contributed by atoms with E-state index >= 15 is 0 Å². The molecule has 5 heteroatoms. The molecule has 4 nitrogen and oxygen atoms in total. The van der Waals surface area contributed by atoms with Crippen LogP contribution in [0.1, 0.15) is 38.0 Å². The summed E-state index contributed by atoms with van der Waals surface area (Å²) in [5, 5.41) is 4.02. The number of hydrogen-bond acceptors (Lipinski definition) is 4. The summed E-state index contributed by atoms with van der Waals surface area (Å²) in [5.74, 6) is 0.848. The van der Waals surface area contributed by atoms with Crippen molar-refractivity contribution < 1.29 is 8.91 Å². The Morgan fingerprint density at radius 2 is 1.85 bits per heavy atom. The van der Waals surface area contributed by atoms with Crippen LogP contribution in [0.15, 0.2) is 28.8 Å². The third-order valence-corrected chi connectivity index (χ3v) is 4.18. The molecule has 0 bridgehead atoms. The van der Waals surface area contributed by atoms with Crippen molar-refractivity contribution in [2.24, 2.45) is 5.73 Å². The summed E-state index contributed by atoms with van der Waals surface area (Å²) in [5.41, 5.74) is 6.54. The highest BCUT2D eigenvalue weighted by molar-refractivity contribution is 5.53. The van der Waals surface area contributed by atoms with Gasteiger partial charge in [0.1, 0.15) is 5.82 Å². The van der Waals surface area contributed by atoms with E-state index in [1.807, 2.05) is 0 Å². The second-order valence-electron chi connectivity index (χ2n) is 5.48. The molecule has 0 radical (unpaired) electrons. The van der Waals surface area contributed by atoms with Gasteiger partial charge in [0, 0.05) is 12.1 Å². The highest BCUT2D eigenvalue weighted by atomic mass is 19.1. The molecule has 1 aliphatic carbocycles. The Labute approximate surface area is 117 Å². The Morgan fingerprint density at radius 1 is 1.15 bits per heavy atom. The van der Waals surface area contributed by atoms with E-state index in [-0.39, 0.29) is 11.2 Å². The Hall–Kier alpha value is -1.75. The van der Waals surface area contributed by atoms with Gasteiger partial charge in [0.05, 0.1) is 5.41 Å². The summed E-state index contributed by atoms with van der Waals surface area (Å²) in [7, 11) is 0. The Balaban J connectivity index is 1.91. The van der Waals surface area contributed by atoms with Crippen molar-refractivity contribution in [2.45, 2.75) is 37.5 Å². The molecule has 1 fully saturated rings. The first-order chi connectivity index (χ1) is 9.73. The first-order valence-corrected chi connectivity index (χ1v) is 7.04. The molecule has 0 atom stereocenters. The molecule has 0 unspecified atom stereocenters. The lowest BCUT2D eigenvalue weighted by Crippen LogP contribution is -2.37. The number of nitrogens with zero attached hydrogens (tertiary/aromatic N) is 2. The van der Waals surface area contributed by atoms with Crippen LogP contribution in [0.4, 0.5) is 4.39 Å². The summed E-state index contributed by atoms with van der Waals surface area (Å²) in [4.78, 5) is 4.50. The smallest absolute Gasteiger partial charge is 0.234 e. The van der Waals surface area contributed by atoms with Gasteiger partial charge in [0.15, 0.2) is 0 Å². The molecule has 2 N–H and O–H groups in total. The zero-order valence-corrected chi connectivity index (χ0v) is 11.3. The van der Waals surface area contributed by atoms with Gasteiger partial charge in [0.25, 0.3) is 0 Å².